The molecular formula is C22H25F4N7O4S. The van der Waals surface area contributed by atoms with Crippen molar-refractivity contribution in [2.24, 2.45) is 0 Å². The van der Waals surface area contributed by atoms with E-state index in [2.05, 4.69) is 48.0 Å². The van der Waals surface area contributed by atoms with Crippen molar-refractivity contribution in [2.75, 3.05) is 27.4 Å². The molecule has 0 aliphatic carbocycles. The number of amides is 1. The maximum absolute atomic E-state index is 14.6. The van der Waals surface area contributed by atoms with Gasteiger partial charge >= 0.3 is 6.36 Å². The first-order valence-electron chi connectivity index (χ1n) is 11.2. The number of hydrogen-bond donors (Lipinski definition) is 2. The fourth-order valence-corrected chi connectivity index (χ4v) is 3.90. The van der Waals surface area contributed by atoms with Crippen LogP contribution in [-0.2, 0) is 29.0 Å². The van der Waals surface area contributed by atoms with Crippen LogP contribution in [0.25, 0.3) is 0 Å². The Hall–Kier alpha value is -3.39. The van der Waals surface area contributed by atoms with Gasteiger partial charge < -0.3 is 19.5 Å². The van der Waals surface area contributed by atoms with Gasteiger partial charge in [-0.1, -0.05) is 22.6 Å². The van der Waals surface area contributed by atoms with Crippen molar-refractivity contribution in [1.29, 1.82) is 0 Å². The lowest BCUT2D eigenvalue weighted by molar-refractivity contribution is -0.274. The Morgan fingerprint density at radius 2 is 2.08 bits per heavy atom. The molecule has 11 nitrogen and oxygen atoms in total. The first-order chi connectivity index (χ1) is 18.2. The number of methoxy groups -OCH3 is 2. The topological polar surface area (TPSA) is 125 Å². The Morgan fingerprint density at radius 3 is 2.82 bits per heavy atom. The lowest BCUT2D eigenvalue weighted by Gasteiger charge is -2.14. The zero-order valence-corrected chi connectivity index (χ0v) is 21.2. The lowest BCUT2D eigenvalue weighted by Crippen LogP contribution is -2.26. The highest BCUT2D eigenvalue weighted by atomic mass is 32.1. The van der Waals surface area contributed by atoms with Crippen molar-refractivity contribution in [3.63, 3.8) is 0 Å². The molecule has 2 atom stereocenters. The number of nitrogens with one attached hydrogen (secondary N) is 2. The van der Waals surface area contributed by atoms with E-state index >= 15 is 0 Å². The average molecular weight is 560 g/mol. The second-order valence-corrected chi connectivity index (χ2v) is 8.85. The summed E-state index contributed by atoms with van der Waals surface area (Å²) in [5.41, 5.74) is 0.791. The normalized spacial score (nSPS) is 13.1. The quantitative estimate of drug-likeness (QED) is 0.164. The van der Waals surface area contributed by atoms with Crippen LogP contribution in [-0.4, -0.2) is 71.0 Å². The third-order valence-electron chi connectivity index (χ3n) is 4.86. The third kappa shape index (κ3) is 9.49. The highest BCUT2D eigenvalue weighted by Gasteiger charge is 2.31. The number of carbonyl (C=O) groups excluding carboxylic acids is 1. The first kappa shape index (κ1) is 29.2. The van der Waals surface area contributed by atoms with Crippen LogP contribution in [0.15, 0.2) is 18.3 Å². The van der Waals surface area contributed by atoms with E-state index in [1.165, 1.54) is 37.2 Å². The molecule has 206 valence electrons. The number of aryl methyl sites for hydroxylation is 1. The van der Waals surface area contributed by atoms with Crippen LogP contribution < -0.4 is 15.4 Å². The SMILES string of the molecule is COCCNC(=O)c1nnc(CCC(F)Cn2cc(C(NCc3cc#cc(OC(F)(F)F)c3)OC)nn2)s1. The Labute approximate surface area is 219 Å². The molecule has 0 spiro atoms. The number of rotatable bonds is 15. The summed E-state index contributed by atoms with van der Waals surface area (Å²) in [4.78, 5) is 12.0. The summed E-state index contributed by atoms with van der Waals surface area (Å²) < 4.78 is 67.2. The minimum absolute atomic E-state index is 0.0752. The van der Waals surface area contributed by atoms with Gasteiger partial charge in [-0.15, -0.1) is 28.5 Å². The minimum Gasteiger partial charge on any atom is -0.397 e. The van der Waals surface area contributed by atoms with Gasteiger partial charge in [0.1, 0.15) is 16.9 Å². The van der Waals surface area contributed by atoms with Crippen molar-refractivity contribution in [3.8, 4) is 5.75 Å². The molecule has 2 aromatic heterocycles. The molecular weight excluding hydrogens is 534 g/mol. The van der Waals surface area contributed by atoms with Crippen LogP contribution >= 0.6 is 11.3 Å². The summed E-state index contributed by atoms with van der Waals surface area (Å²) in [6.07, 6.45) is -4.94. The monoisotopic (exact) mass is 559 g/mol. The van der Waals surface area contributed by atoms with Crippen LogP contribution in [0.1, 0.15) is 38.7 Å². The van der Waals surface area contributed by atoms with Crippen molar-refractivity contribution in [1.82, 2.24) is 35.8 Å². The lowest BCUT2D eigenvalue weighted by atomic mass is 10.2. The van der Waals surface area contributed by atoms with Gasteiger partial charge in [-0.3, -0.25) is 10.1 Å². The molecule has 2 heterocycles. The van der Waals surface area contributed by atoms with Crippen molar-refractivity contribution < 1.29 is 36.6 Å². The van der Waals surface area contributed by atoms with Crippen LogP contribution in [0.3, 0.4) is 0 Å². The molecule has 3 rings (SSSR count). The van der Waals surface area contributed by atoms with Crippen molar-refractivity contribution in [3.05, 3.63) is 51.7 Å². The predicted molar refractivity (Wildman–Crippen MR) is 125 cm³/mol. The van der Waals surface area contributed by atoms with Gasteiger partial charge in [0.05, 0.1) is 19.3 Å². The summed E-state index contributed by atoms with van der Waals surface area (Å²) in [5, 5.41) is 22.0. The molecule has 0 fully saturated rings. The molecule has 16 heteroatoms. The summed E-state index contributed by atoms with van der Waals surface area (Å²) >= 11 is 1.10. The molecule has 38 heavy (non-hydrogen) atoms. The molecule has 0 aliphatic heterocycles. The molecule has 0 saturated carbocycles. The van der Waals surface area contributed by atoms with E-state index in [9.17, 15) is 22.4 Å². The Bertz CT molecular complexity index is 1160. The van der Waals surface area contributed by atoms with Gasteiger partial charge in [-0.2, -0.15) is 0 Å². The van der Waals surface area contributed by atoms with Gasteiger partial charge in [0, 0.05) is 33.7 Å². The highest BCUT2D eigenvalue weighted by Crippen LogP contribution is 2.22. The molecule has 1 amide bonds. The minimum atomic E-state index is -4.83. The van der Waals surface area contributed by atoms with E-state index in [0.717, 1.165) is 11.3 Å². The molecule has 3 aromatic rings. The summed E-state index contributed by atoms with van der Waals surface area (Å²) in [7, 11) is 2.93. The van der Waals surface area contributed by atoms with E-state index in [1.54, 1.807) is 0 Å². The van der Waals surface area contributed by atoms with E-state index in [1.807, 2.05) is 0 Å². The van der Waals surface area contributed by atoms with E-state index < -0.39 is 24.5 Å². The second kappa shape index (κ2) is 14.0. The standard InChI is InChI=1S/C22H25F4N7O4S/c1-35-9-8-27-19(34)21-31-30-18(38-21)7-6-15(23)12-33-13-17(29-32-33)20(36-2)28-11-14-4-3-5-16(10-14)37-22(24,25)26/h4,10,13,15,20,28H,6-9,11-12H2,1-2H3,(H,27,34). The summed E-state index contributed by atoms with van der Waals surface area (Å²) in [6.45, 7) is 0.745. The van der Waals surface area contributed by atoms with Crippen LogP contribution in [0, 0.1) is 12.1 Å². The molecule has 2 unspecified atom stereocenters. The molecule has 0 radical (unpaired) electrons. The largest absolute Gasteiger partial charge is 0.573 e. The number of ether oxygens (including phenoxy) is 3. The van der Waals surface area contributed by atoms with E-state index in [4.69, 9.17) is 9.47 Å². The van der Waals surface area contributed by atoms with Crippen LogP contribution in [0.5, 0.6) is 5.75 Å². The first-order valence-corrected chi connectivity index (χ1v) is 12.1. The average Bonchev–Trinajstić information content (AvgIpc) is 3.53. The van der Waals surface area contributed by atoms with Crippen LogP contribution in [0.4, 0.5) is 17.6 Å². The predicted octanol–water partition coefficient (Wildman–Crippen LogP) is 2.41. The van der Waals surface area contributed by atoms with Gasteiger partial charge in [0.25, 0.3) is 5.91 Å². The van der Waals surface area contributed by atoms with Gasteiger partial charge in [0.2, 0.25) is 5.01 Å². The number of aromatic nitrogens is 5. The summed E-state index contributed by atoms with van der Waals surface area (Å²) in [6, 6.07) is 7.32. The maximum Gasteiger partial charge on any atom is 0.573 e. The zero-order chi connectivity index (χ0) is 27.5. The number of alkyl halides is 4. The van der Waals surface area contributed by atoms with Crippen molar-refractivity contribution in [2.45, 2.75) is 44.7 Å². The molecule has 1 aromatic carbocycles. The Balaban J connectivity index is 1.47. The maximum atomic E-state index is 14.6. The molecule has 2 N–H and O–H groups in total. The fourth-order valence-electron chi connectivity index (χ4n) is 3.13. The van der Waals surface area contributed by atoms with Gasteiger partial charge in [-0.25, -0.2) is 9.07 Å². The number of nitrogens with zero attached hydrogens (tertiary/aromatic N) is 5. The summed E-state index contributed by atoms with van der Waals surface area (Å²) in [5.74, 6) is -0.876. The Kier molecular flexibility index (Phi) is 10.7. The number of hydrogen-bond acceptors (Lipinski definition) is 10. The Morgan fingerprint density at radius 1 is 1.26 bits per heavy atom. The molecule has 0 saturated heterocycles. The highest BCUT2D eigenvalue weighted by molar-refractivity contribution is 7.13. The van der Waals surface area contributed by atoms with Crippen LogP contribution in [0.2, 0.25) is 0 Å². The van der Waals surface area contributed by atoms with Crippen molar-refractivity contribution >= 4 is 17.2 Å². The van der Waals surface area contributed by atoms with E-state index in [-0.39, 0.29) is 30.4 Å². The smallest absolute Gasteiger partial charge is 0.397 e. The van der Waals surface area contributed by atoms with E-state index in [0.29, 0.717) is 35.8 Å². The van der Waals surface area contributed by atoms with Gasteiger partial charge in [-0.05, 0) is 30.2 Å². The fraction of sp³-hybridized carbons (Fsp3) is 0.500. The molecule has 0 aliphatic rings. The second-order valence-electron chi connectivity index (χ2n) is 7.79. The third-order valence-corrected chi connectivity index (χ3v) is 5.84. The molecule has 0 bridgehead atoms. The van der Waals surface area contributed by atoms with Gasteiger partial charge in [0.15, 0.2) is 12.0 Å². The zero-order valence-electron chi connectivity index (χ0n) is 20.4. The number of halogens is 4. The number of carbonyl (C=O) groups is 1.